The molecule has 0 saturated heterocycles. The van der Waals surface area contributed by atoms with Gasteiger partial charge in [-0.3, -0.25) is 4.57 Å². The highest BCUT2D eigenvalue weighted by Gasteiger charge is 2.11. The molecule has 5 heteroatoms. The highest BCUT2D eigenvalue weighted by molar-refractivity contribution is 8.08. The van der Waals surface area contributed by atoms with E-state index in [0.29, 0.717) is 18.5 Å². The molecule has 0 atom stereocenters. The monoisotopic (exact) mass is 194 g/mol. The van der Waals surface area contributed by atoms with Crippen LogP contribution in [0.4, 0.5) is 0 Å². The molecule has 0 saturated carbocycles. The van der Waals surface area contributed by atoms with Crippen molar-refractivity contribution in [1.29, 1.82) is 0 Å². The molecule has 0 aromatic heterocycles. The lowest BCUT2D eigenvalue weighted by atomic mass is 10.6. The maximum absolute atomic E-state index is 10.4. The van der Waals surface area contributed by atoms with Gasteiger partial charge in [0.15, 0.2) is 0 Å². The van der Waals surface area contributed by atoms with Gasteiger partial charge in [0.05, 0.1) is 0 Å². The third kappa shape index (κ3) is 7.10. The van der Waals surface area contributed by atoms with E-state index in [0.717, 1.165) is 0 Å². The second-order valence-electron chi connectivity index (χ2n) is 1.34. The smallest absolute Gasteiger partial charge is 0.253 e. The molecule has 0 amide bonds. The Labute approximate surface area is 63.3 Å². The molecule has 0 bridgehead atoms. The van der Waals surface area contributed by atoms with E-state index in [-0.39, 0.29) is 0 Å². The van der Waals surface area contributed by atoms with Gasteiger partial charge < -0.3 is 0 Å². The van der Waals surface area contributed by atoms with Gasteiger partial charge in [0.1, 0.15) is 0 Å². The summed E-state index contributed by atoms with van der Waals surface area (Å²) in [6.07, 6.45) is 0.936. The molecule has 8 heavy (non-hydrogen) atoms. The molecule has 0 aliphatic rings. The summed E-state index contributed by atoms with van der Waals surface area (Å²) in [5.74, 6) is -2.36. The molecule has 0 aromatic carbocycles. The van der Waals surface area contributed by atoms with Crippen LogP contribution in [-0.4, -0.2) is 12.0 Å². The van der Waals surface area contributed by atoms with Crippen LogP contribution in [0.2, 0.25) is 0 Å². The molecule has 0 rings (SSSR count). The molecule has 0 aliphatic carbocycles. The van der Waals surface area contributed by atoms with Crippen molar-refractivity contribution in [3.63, 3.8) is 0 Å². The van der Waals surface area contributed by atoms with Crippen molar-refractivity contribution in [2.75, 3.05) is 12.0 Å². The average molecular weight is 195 g/mol. The third-order valence-corrected chi connectivity index (χ3v) is 2.67. The van der Waals surface area contributed by atoms with Gasteiger partial charge in [-0.2, -0.15) is 0 Å². The van der Waals surface area contributed by atoms with Crippen LogP contribution in [0.5, 0.6) is 0 Å². The van der Waals surface area contributed by atoms with Crippen LogP contribution < -0.4 is 0 Å². The Hall–Kier alpha value is 1.10. The van der Waals surface area contributed by atoms with Crippen LogP contribution in [0, 0.1) is 0 Å². The minimum atomic E-state index is -2.82. The molecule has 0 fully saturated rings. The lowest BCUT2D eigenvalue weighted by Crippen LogP contribution is -1.78. The highest BCUT2D eigenvalue weighted by atomic mass is 35.9. The zero-order valence-corrected chi connectivity index (χ0v) is 7.27. The van der Waals surface area contributed by atoms with Crippen molar-refractivity contribution in [3.8, 4) is 0 Å². The van der Waals surface area contributed by atoms with E-state index in [1.165, 1.54) is 0 Å². The summed E-state index contributed by atoms with van der Waals surface area (Å²) in [6.45, 7) is 0. The fraction of sp³-hybridized carbons (Fsp3) is 1.00. The average Bonchev–Trinajstić information content (AvgIpc) is 1.59. The van der Waals surface area contributed by atoms with E-state index in [2.05, 4.69) is 0 Å². The van der Waals surface area contributed by atoms with E-state index in [1.54, 1.807) is 0 Å². The number of hydrogen-bond acceptors (Lipinski definition) is 1. The summed E-state index contributed by atoms with van der Waals surface area (Å²) in [5.41, 5.74) is 0. The normalized spacial score (nSPS) is 11.9. The second kappa shape index (κ2) is 4.00. The minimum Gasteiger partial charge on any atom is -0.289 e. The van der Waals surface area contributed by atoms with Gasteiger partial charge in [-0.1, -0.05) is 0 Å². The number of rotatable bonds is 3. The molecular formula is C3H6Cl3OP. The number of alkyl halides is 1. The van der Waals surface area contributed by atoms with Gasteiger partial charge in [0, 0.05) is 12.0 Å². The maximum Gasteiger partial charge on any atom is 0.253 e. The Kier molecular flexibility index (Phi) is 4.55. The first-order valence-electron chi connectivity index (χ1n) is 2.10. The van der Waals surface area contributed by atoms with Crippen molar-refractivity contribution in [2.45, 2.75) is 6.42 Å². The Bertz CT molecular complexity index is 98.7. The maximum atomic E-state index is 10.4. The molecule has 0 N–H and O–H groups in total. The van der Waals surface area contributed by atoms with E-state index >= 15 is 0 Å². The fourth-order valence-electron chi connectivity index (χ4n) is 0.244. The highest BCUT2D eigenvalue weighted by Crippen LogP contribution is 2.56. The van der Waals surface area contributed by atoms with Gasteiger partial charge in [-0.15, -0.1) is 11.6 Å². The summed E-state index contributed by atoms with van der Waals surface area (Å²) in [7, 11) is 0. The van der Waals surface area contributed by atoms with Gasteiger partial charge in [-0.05, 0) is 28.9 Å². The van der Waals surface area contributed by atoms with Crippen LogP contribution in [-0.2, 0) is 4.57 Å². The summed E-state index contributed by atoms with van der Waals surface area (Å²) in [6, 6.07) is 0. The molecule has 0 heterocycles. The van der Waals surface area contributed by atoms with Crippen molar-refractivity contribution in [3.05, 3.63) is 0 Å². The molecule has 0 aliphatic heterocycles. The van der Waals surface area contributed by atoms with E-state index in [9.17, 15) is 4.57 Å². The van der Waals surface area contributed by atoms with E-state index < -0.39 is 5.85 Å². The fourth-order valence-corrected chi connectivity index (χ4v) is 1.81. The predicted molar refractivity (Wildman–Crippen MR) is 39.5 cm³/mol. The van der Waals surface area contributed by atoms with E-state index in [4.69, 9.17) is 34.1 Å². The first-order chi connectivity index (χ1) is 3.56. The molecule has 0 unspecified atom stereocenters. The molecule has 0 spiro atoms. The van der Waals surface area contributed by atoms with Crippen LogP contribution in [0.3, 0.4) is 0 Å². The lowest BCUT2D eigenvalue weighted by Gasteiger charge is -1.95. The lowest BCUT2D eigenvalue weighted by molar-refractivity contribution is 0.592. The van der Waals surface area contributed by atoms with Gasteiger partial charge in [0.2, 0.25) is 0 Å². The van der Waals surface area contributed by atoms with E-state index in [1.807, 2.05) is 0 Å². The number of hydrogen-bond donors (Lipinski definition) is 0. The van der Waals surface area contributed by atoms with Crippen molar-refractivity contribution < 1.29 is 4.57 Å². The Morgan fingerprint density at radius 2 is 1.88 bits per heavy atom. The van der Waals surface area contributed by atoms with Crippen molar-refractivity contribution >= 4 is 39.9 Å². The first-order valence-corrected chi connectivity index (χ1v) is 6.34. The Morgan fingerprint density at radius 1 is 1.38 bits per heavy atom. The largest absolute Gasteiger partial charge is 0.289 e. The minimum absolute atomic E-state index is 0.319. The predicted octanol–water partition coefficient (Wildman–Crippen LogP) is 3.29. The molecule has 1 nitrogen and oxygen atoms in total. The quantitative estimate of drug-likeness (QED) is 0.499. The summed E-state index contributed by atoms with van der Waals surface area (Å²) in [5, 5.41) is 0. The zero-order chi connectivity index (χ0) is 6.62. The zero-order valence-electron chi connectivity index (χ0n) is 4.11. The van der Waals surface area contributed by atoms with Gasteiger partial charge in [-0.25, -0.2) is 0 Å². The SMILES string of the molecule is O=P(Cl)(Cl)CCCCl. The molecular weight excluding hydrogens is 189 g/mol. The topological polar surface area (TPSA) is 17.1 Å². The van der Waals surface area contributed by atoms with Crippen LogP contribution >= 0.6 is 39.9 Å². The van der Waals surface area contributed by atoms with Crippen LogP contribution in [0.15, 0.2) is 0 Å². The molecule has 50 valence electrons. The summed E-state index contributed by atoms with van der Waals surface area (Å²) >= 11 is 15.6. The van der Waals surface area contributed by atoms with Crippen LogP contribution in [0.1, 0.15) is 6.42 Å². The summed E-state index contributed by atoms with van der Waals surface area (Å²) < 4.78 is 10.4. The van der Waals surface area contributed by atoms with Crippen molar-refractivity contribution in [1.82, 2.24) is 0 Å². The summed E-state index contributed by atoms with van der Waals surface area (Å²) in [4.78, 5) is 0. The Morgan fingerprint density at radius 3 is 2.00 bits per heavy atom. The first kappa shape index (κ1) is 9.10. The van der Waals surface area contributed by atoms with Crippen LogP contribution in [0.25, 0.3) is 0 Å². The van der Waals surface area contributed by atoms with Gasteiger partial charge >= 0.3 is 0 Å². The molecule has 0 aromatic rings. The molecule has 0 radical (unpaired) electrons. The Balaban J connectivity index is 3.26. The third-order valence-electron chi connectivity index (χ3n) is 0.552. The standard InChI is InChI=1S/C3H6Cl3OP/c4-2-1-3-8(5,6)7/h1-3H2. The number of halogens is 3. The second-order valence-corrected chi connectivity index (χ2v) is 7.10. The van der Waals surface area contributed by atoms with Gasteiger partial charge in [0.25, 0.3) is 5.85 Å². The van der Waals surface area contributed by atoms with Crippen molar-refractivity contribution in [2.24, 2.45) is 0 Å².